The van der Waals surface area contributed by atoms with E-state index in [1.807, 2.05) is 52.0 Å². The van der Waals surface area contributed by atoms with Crippen molar-refractivity contribution in [3.8, 4) is 5.75 Å². The van der Waals surface area contributed by atoms with E-state index in [0.717, 1.165) is 16.7 Å². The molecular formula is C27H25ClN2O3. The van der Waals surface area contributed by atoms with Gasteiger partial charge >= 0.3 is 0 Å². The summed E-state index contributed by atoms with van der Waals surface area (Å²) in [5.41, 5.74) is 5.11. The van der Waals surface area contributed by atoms with Crippen molar-refractivity contribution in [1.29, 1.82) is 0 Å². The molecule has 3 aromatic carbocycles. The number of rotatable bonds is 6. The molecule has 6 heteroatoms. The monoisotopic (exact) mass is 460 g/mol. The lowest BCUT2D eigenvalue weighted by Crippen LogP contribution is -2.32. The van der Waals surface area contributed by atoms with Gasteiger partial charge in [-0.1, -0.05) is 35.9 Å². The fraction of sp³-hybridized carbons (Fsp3) is 0.185. The number of anilines is 2. The second-order valence-electron chi connectivity index (χ2n) is 8.04. The van der Waals surface area contributed by atoms with E-state index in [9.17, 15) is 9.59 Å². The zero-order chi connectivity index (χ0) is 23.7. The number of hydrogen-bond donors (Lipinski definition) is 1. The lowest BCUT2D eigenvalue weighted by Gasteiger charge is -2.17. The molecular weight excluding hydrogens is 436 g/mol. The highest BCUT2D eigenvalue weighted by molar-refractivity contribution is 6.46. The zero-order valence-corrected chi connectivity index (χ0v) is 19.8. The van der Waals surface area contributed by atoms with Gasteiger partial charge in [0.05, 0.1) is 17.9 Å². The minimum absolute atomic E-state index is 0.216. The zero-order valence-electron chi connectivity index (χ0n) is 19.0. The van der Waals surface area contributed by atoms with Gasteiger partial charge in [0.1, 0.15) is 11.4 Å². The largest absolute Gasteiger partial charge is 0.494 e. The highest BCUT2D eigenvalue weighted by Gasteiger charge is 2.40. The first-order valence-electron chi connectivity index (χ1n) is 10.8. The van der Waals surface area contributed by atoms with Crippen LogP contribution in [0.2, 0.25) is 5.02 Å². The lowest BCUT2D eigenvalue weighted by atomic mass is 10.0. The highest BCUT2D eigenvalue weighted by Crippen LogP contribution is 2.36. The Morgan fingerprint density at radius 3 is 2.21 bits per heavy atom. The number of carbonyl (C=O) groups excluding carboxylic acids is 2. The number of carbonyl (C=O) groups is 2. The van der Waals surface area contributed by atoms with E-state index < -0.39 is 5.91 Å². The third kappa shape index (κ3) is 4.37. The summed E-state index contributed by atoms with van der Waals surface area (Å²) in [5.74, 6) is -0.0883. The molecule has 3 aromatic rings. The quantitative estimate of drug-likeness (QED) is 0.454. The van der Waals surface area contributed by atoms with E-state index in [-0.39, 0.29) is 11.6 Å². The molecule has 0 unspecified atom stereocenters. The minimum Gasteiger partial charge on any atom is -0.494 e. The van der Waals surface area contributed by atoms with Crippen molar-refractivity contribution in [3.63, 3.8) is 0 Å². The Kier molecular flexibility index (Phi) is 6.25. The summed E-state index contributed by atoms with van der Waals surface area (Å²) in [6.45, 7) is 8.20. The number of benzene rings is 3. The standard InChI is InChI=1S/C27H25ClN2O3/c1-5-33-21-11-9-19(10-12-21)24-25(29-23-8-6-7-22(28)18(23)4)27(32)30(26(24)31)20-14-16(2)13-17(3)15-20/h6-15,29H,5H2,1-4H3. The predicted octanol–water partition coefficient (Wildman–Crippen LogP) is 6.06. The number of nitrogens with zero attached hydrogens (tertiary/aromatic N) is 1. The Labute approximate surface area is 198 Å². The van der Waals surface area contributed by atoms with Crippen molar-refractivity contribution < 1.29 is 14.3 Å². The molecule has 1 N–H and O–H groups in total. The molecule has 0 aromatic heterocycles. The van der Waals surface area contributed by atoms with Gasteiger partial charge in [-0.25, -0.2) is 4.90 Å². The first-order chi connectivity index (χ1) is 15.8. The third-order valence-electron chi connectivity index (χ3n) is 5.53. The number of ether oxygens (including phenoxy) is 1. The van der Waals surface area contributed by atoms with E-state index in [2.05, 4.69) is 5.32 Å². The number of nitrogens with one attached hydrogen (secondary N) is 1. The molecule has 168 valence electrons. The molecule has 0 atom stereocenters. The van der Waals surface area contributed by atoms with E-state index in [0.29, 0.717) is 39.9 Å². The Morgan fingerprint density at radius 2 is 1.58 bits per heavy atom. The van der Waals surface area contributed by atoms with Crippen LogP contribution in [-0.2, 0) is 9.59 Å². The average Bonchev–Trinajstić information content (AvgIpc) is 3.01. The summed E-state index contributed by atoms with van der Waals surface area (Å²) in [4.78, 5) is 28.5. The summed E-state index contributed by atoms with van der Waals surface area (Å²) >= 11 is 6.29. The van der Waals surface area contributed by atoms with E-state index in [4.69, 9.17) is 16.3 Å². The Balaban J connectivity index is 1.84. The van der Waals surface area contributed by atoms with E-state index in [1.165, 1.54) is 4.90 Å². The fourth-order valence-corrected chi connectivity index (χ4v) is 4.16. The van der Waals surface area contributed by atoms with Gasteiger partial charge in [-0.2, -0.15) is 0 Å². The summed E-state index contributed by atoms with van der Waals surface area (Å²) < 4.78 is 5.53. The second-order valence-corrected chi connectivity index (χ2v) is 8.44. The van der Waals surface area contributed by atoms with Crippen molar-refractivity contribution in [3.05, 3.63) is 93.6 Å². The minimum atomic E-state index is -0.409. The van der Waals surface area contributed by atoms with Crippen molar-refractivity contribution in [2.24, 2.45) is 0 Å². The van der Waals surface area contributed by atoms with Crippen LogP contribution in [-0.4, -0.2) is 18.4 Å². The molecule has 0 spiro atoms. The molecule has 33 heavy (non-hydrogen) atoms. The van der Waals surface area contributed by atoms with Crippen LogP contribution in [0.4, 0.5) is 11.4 Å². The molecule has 1 aliphatic rings. The molecule has 0 saturated carbocycles. The smallest absolute Gasteiger partial charge is 0.282 e. The average molecular weight is 461 g/mol. The number of aryl methyl sites for hydroxylation is 2. The molecule has 5 nitrogen and oxygen atoms in total. The van der Waals surface area contributed by atoms with Crippen LogP contribution in [0.5, 0.6) is 5.75 Å². The predicted molar refractivity (Wildman–Crippen MR) is 133 cm³/mol. The first kappa shape index (κ1) is 22.6. The summed E-state index contributed by atoms with van der Waals surface area (Å²) in [6.07, 6.45) is 0. The van der Waals surface area contributed by atoms with Crippen LogP contribution in [0.25, 0.3) is 5.57 Å². The molecule has 0 radical (unpaired) electrons. The fourth-order valence-electron chi connectivity index (χ4n) is 3.99. The molecule has 2 amide bonds. The van der Waals surface area contributed by atoms with Gasteiger partial charge in [-0.15, -0.1) is 0 Å². The highest BCUT2D eigenvalue weighted by atomic mass is 35.5. The summed E-state index contributed by atoms with van der Waals surface area (Å²) in [6, 6.07) is 18.3. The Morgan fingerprint density at radius 1 is 0.909 bits per heavy atom. The molecule has 0 bridgehead atoms. The van der Waals surface area contributed by atoms with Crippen molar-refractivity contribution >= 4 is 40.4 Å². The van der Waals surface area contributed by atoms with Crippen LogP contribution in [0.15, 0.2) is 66.4 Å². The molecule has 0 aliphatic carbocycles. The van der Waals surface area contributed by atoms with Crippen LogP contribution in [0, 0.1) is 20.8 Å². The van der Waals surface area contributed by atoms with Gasteiger partial charge in [-0.05, 0) is 86.3 Å². The third-order valence-corrected chi connectivity index (χ3v) is 5.94. The summed E-state index contributed by atoms with van der Waals surface area (Å²) in [5, 5.41) is 3.77. The van der Waals surface area contributed by atoms with Crippen molar-refractivity contribution in [2.75, 3.05) is 16.8 Å². The molecule has 1 heterocycles. The maximum Gasteiger partial charge on any atom is 0.282 e. The van der Waals surface area contributed by atoms with E-state index in [1.54, 1.807) is 36.4 Å². The summed E-state index contributed by atoms with van der Waals surface area (Å²) in [7, 11) is 0. The van der Waals surface area contributed by atoms with Gasteiger partial charge in [0.25, 0.3) is 11.8 Å². The SMILES string of the molecule is CCOc1ccc(C2=C(Nc3cccc(Cl)c3C)C(=O)N(c3cc(C)cc(C)c3)C2=O)cc1. The van der Waals surface area contributed by atoms with Crippen LogP contribution < -0.4 is 15.0 Å². The van der Waals surface area contributed by atoms with Gasteiger partial charge in [0.15, 0.2) is 0 Å². The topological polar surface area (TPSA) is 58.6 Å². The van der Waals surface area contributed by atoms with Crippen molar-refractivity contribution in [2.45, 2.75) is 27.7 Å². The molecule has 4 rings (SSSR count). The maximum atomic E-state index is 13.7. The van der Waals surface area contributed by atoms with Crippen LogP contribution in [0.1, 0.15) is 29.2 Å². The van der Waals surface area contributed by atoms with Gasteiger partial charge in [0.2, 0.25) is 0 Å². The number of halogens is 1. The van der Waals surface area contributed by atoms with Crippen LogP contribution >= 0.6 is 11.6 Å². The van der Waals surface area contributed by atoms with Gasteiger partial charge in [0, 0.05) is 10.7 Å². The van der Waals surface area contributed by atoms with Crippen molar-refractivity contribution in [1.82, 2.24) is 0 Å². The molecule has 0 saturated heterocycles. The Hall–Kier alpha value is -3.57. The number of hydrogen-bond acceptors (Lipinski definition) is 4. The lowest BCUT2D eigenvalue weighted by molar-refractivity contribution is -0.120. The number of imide groups is 1. The number of amides is 2. The van der Waals surface area contributed by atoms with Gasteiger partial charge < -0.3 is 10.1 Å². The molecule has 1 aliphatic heterocycles. The normalized spacial score (nSPS) is 13.7. The Bertz CT molecular complexity index is 1260. The second kappa shape index (κ2) is 9.12. The molecule has 0 fully saturated rings. The van der Waals surface area contributed by atoms with Gasteiger partial charge in [-0.3, -0.25) is 9.59 Å². The first-order valence-corrected chi connectivity index (χ1v) is 11.1. The van der Waals surface area contributed by atoms with E-state index >= 15 is 0 Å². The maximum absolute atomic E-state index is 13.7. The van der Waals surface area contributed by atoms with Crippen LogP contribution in [0.3, 0.4) is 0 Å².